The van der Waals surface area contributed by atoms with Gasteiger partial charge in [0, 0.05) is 0 Å². The van der Waals surface area contributed by atoms with Crippen molar-refractivity contribution in [2.45, 2.75) is 38.8 Å². The minimum atomic E-state index is -1.87. The Labute approximate surface area is 201 Å². The summed E-state index contributed by atoms with van der Waals surface area (Å²) in [7, 11) is -1.87. The first-order valence-electron chi connectivity index (χ1n) is 9.35. The average Bonchev–Trinajstić information content (AvgIpc) is 3.18. The molecule has 144 valence electrons. The number of benzene rings is 2. The van der Waals surface area contributed by atoms with Gasteiger partial charge >= 0.3 is 26.2 Å². The van der Waals surface area contributed by atoms with Crippen LogP contribution in [-0.4, -0.2) is 8.07 Å². The molecule has 0 unspecified atom stereocenters. The average molecular weight is 505 g/mol. The van der Waals surface area contributed by atoms with Crippen LogP contribution in [0.25, 0.3) is 21.5 Å². The molecule has 4 aromatic carbocycles. The maximum atomic E-state index is 2.47. The molecular weight excluding hydrogens is 478 g/mol. The fraction of sp³-hybridized carbons (Fsp3) is 0.250. The van der Waals surface area contributed by atoms with Crippen LogP contribution in [0.1, 0.15) is 27.7 Å². The molecule has 4 rings (SSSR count). The van der Waals surface area contributed by atoms with Gasteiger partial charge in [-0.15, -0.1) is 69.7 Å². The van der Waals surface area contributed by atoms with Crippen LogP contribution >= 0.6 is 0 Å². The summed E-state index contributed by atoms with van der Waals surface area (Å²) in [5.74, 6) is 0. The maximum Gasteiger partial charge on any atom is 4.00 e. The van der Waals surface area contributed by atoms with Crippen molar-refractivity contribution in [3.8, 4) is 0 Å². The van der Waals surface area contributed by atoms with Gasteiger partial charge in [0.1, 0.15) is 0 Å². The van der Waals surface area contributed by atoms with Crippen molar-refractivity contribution in [1.82, 2.24) is 0 Å². The second kappa shape index (κ2) is 9.90. The third-order valence-corrected chi connectivity index (χ3v) is 12.1. The number of hydrogen-bond donors (Lipinski definition) is 0. The van der Waals surface area contributed by atoms with Gasteiger partial charge < -0.3 is 24.8 Å². The van der Waals surface area contributed by atoms with E-state index < -0.39 is 8.07 Å². The summed E-state index contributed by atoms with van der Waals surface area (Å²) in [6.45, 7) is 9.73. The minimum Gasteiger partial charge on any atom is -1.00 e. The van der Waals surface area contributed by atoms with E-state index in [0.29, 0.717) is 11.1 Å². The fourth-order valence-electron chi connectivity index (χ4n) is 4.95. The van der Waals surface area contributed by atoms with E-state index in [-0.39, 0.29) is 51.0 Å². The van der Waals surface area contributed by atoms with Crippen molar-refractivity contribution in [2.24, 2.45) is 0 Å². The molecule has 0 atom stereocenters. The van der Waals surface area contributed by atoms with Gasteiger partial charge in [-0.05, 0) is 11.1 Å². The standard InChI is InChI=1S/C24H26Si.2ClH.Zr/c1-17(2)25(18(3)4,23-13-19-9-5-6-10-20(19)14-23)24-15-21-11-7-8-12-22(21)16-24;;;/h5-18H,1-4H3;2*1H;/q-2;;;+4/p-2. The van der Waals surface area contributed by atoms with Gasteiger partial charge in [-0.3, -0.25) is 0 Å². The predicted octanol–water partition coefficient (Wildman–Crippen LogP) is -0.181. The van der Waals surface area contributed by atoms with Crippen LogP contribution in [0.5, 0.6) is 0 Å². The quantitative estimate of drug-likeness (QED) is 0.267. The molecule has 0 aromatic heterocycles. The molecule has 0 saturated carbocycles. The fourth-order valence-corrected chi connectivity index (χ4v) is 10.9. The predicted molar refractivity (Wildman–Crippen MR) is 114 cm³/mol. The largest absolute Gasteiger partial charge is 4.00 e. The first-order valence-corrected chi connectivity index (χ1v) is 11.5. The van der Waals surface area contributed by atoms with Crippen molar-refractivity contribution < 1.29 is 51.0 Å². The van der Waals surface area contributed by atoms with Crippen molar-refractivity contribution in [1.29, 1.82) is 0 Å². The minimum absolute atomic E-state index is 0. The summed E-state index contributed by atoms with van der Waals surface area (Å²) in [6.07, 6.45) is 0. The van der Waals surface area contributed by atoms with E-state index in [9.17, 15) is 0 Å². The van der Waals surface area contributed by atoms with Crippen LogP contribution in [0.4, 0.5) is 0 Å². The molecule has 0 fully saturated rings. The van der Waals surface area contributed by atoms with Crippen LogP contribution < -0.4 is 35.2 Å². The van der Waals surface area contributed by atoms with Crippen molar-refractivity contribution in [3.05, 3.63) is 72.8 Å². The van der Waals surface area contributed by atoms with E-state index in [4.69, 9.17) is 0 Å². The van der Waals surface area contributed by atoms with Crippen LogP contribution in [0.3, 0.4) is 0 Å². The van der Waals surface area contributed by atoms with Crippen LogP contribution in [0, 0.1) is 0 Å². The maximum absolute atomic E-state index is 2.47. The van der Waals surface area contributed by atoms with E-state index in [1.54, 1.807) is 10.4 Å². The molecule has 0 heterocycles. The number of halogens is 2. The van der Waals surface area contributed by atoms with Gasteiger partial charge in [0.25, 0.3) is 0 Å². The van der Waals surface area contributed by atoms with Crippen LogP contribution in [0.15, 0.2) is 72.8 Å². The summed E-state index contributed by atoms with van der Waals surface area (Å²) in [6, 6.07) is 27.5. The molecule has 0 spiro atoms. The second-order valence-electron chi connectivity index (χ2n) is 7.92. The first-order chi connectivity index (χ1) is 12.0. The summed E-state index contributed by atoms with van der Waals surface area (Å²) < 4.78 is 0. The molecule has 4 heteroatoms. The van der Waals surface area contributed by atoms with Gasteiger partial charge in [0.05, 0.1) is 8.07 Å². The van der Waals surface area contributed by atoms with E-state index in [1.807, 2.05) is 0 Å². The van der Waals surface area contributed by atoms with Crippen molar-refractivity contribution in [2.75, 3.05) is 0 Å². The monoisotopic (exact) mass is 502 g/mol. The molecule has 4 aromatic rings. The van der Waals surface area contributed by atoms with Gasteiger partial charge in [-0.25, -0.2) is 0 Å². The molecule has 0 radical (unpaired) electrons. The van der Waals surface area contributed by atoms with E-state index in [0.717, 1.165) is 0 Å². The smallest absolute Gasteiger partial charge is 1.00 e. The first kappa shape index (κ1) is 25.4. The molecule has 0 nitrogen and oxygen atoms in total. The molecule has 0 amide bonds. The molecule has 0 saturated heterocycles. The van der Waals surface area contributed by atoms with Gasteiger partial charge in [0.15, 0.2) is 0 Å². The summed E-state index contributed by atoms with van der Waals surface area (Å²) in [4.78, 5) is 0. The zero-order valence-electron chi connectivity index (χ0n) is 16.8. The van der Waals surface area contributed by atoms with Crippen molar-refractivity contribution in [3.63, 3.8) is 0 Å². The summed E-state index contributed by atoms with van der Waals surface area (Å²) in [5.41, 5.74) is 1.31. The third-order valence-electron chi connectivity index (χ3n) is 6.01. The van der Waals surface area contributed by atoms with E-state index in [2.05, 4.69) is 100 Å². The topological polar surface area (TPSA) is 0 Å². The molecule has 0 N–H and O–H groups in total. The van der Waals surface area contributed by atoms with Crippen molar-refractivity contribution >= 4 is 40.0 Å². The SMILES string of the molecule is CC(C)[Si](c1cc2ccccc2[cH-]1)(c1cc2ccccc2[cH-]1)C(C)C.[Cl-].[Cl-].[Zr+4]. The van der Waals surface area contributed by atoms with Crippen LogP contribution in [0.2, 0.25) is 11.1 Å². The molecule has 0 aliphatic rings. The Morgan fingerprint density at radius 1 is 0.643 bits per heavy atom. The molecular formula is C24H26Cl2SiZr. The second-order valence-corrected chi connectivity index (χ2v) is 13.1. The zero-order valence-corrected chi connectivity index (χ0v) is 21.8. The van der Waals surface area contributed by atoms with E-state index >= 15 is 0 Å². The number of rotatable bonds is 4. The van der Waals surface area contributed by atoms with Gasteiger partial charge in [-0.1, -0.05) is 39.8 Å². The summed E-state index contributed by atoms with van der Waals surface area (Å²) in [5, 5.41) is 8.71. The Balaban J connectivity index is 0.00000131. The van der Waals surface area contributed by atoms with Gasteiger partial charge in [0.2, 0.25) is 0 Å². The molecule has 0 bridgehead atoms. The Morgan fingerprint density at radius 3 is 1.32 bits per heavy atom. The Morgan fingerprint density at radius 2 is 1.00 bits per heavy atom. The van der Waals surface area contributed by atoms with Gasteiger partial charge in [-0.2, -0.15) is 22.9 Å². The Bertz CT molecular complexity index is 879. The normalized spacial score (nSPS) is 11.4. The van der Waals surface area contributed by atoms with E-state index in [1.165, 1.54) is 21.5 Å². The molecule has 0 aliphatic carbocycles. The summed E-state index contributed by atoms with van der Waals surface area (Å²) >= 11 is 0. The Hall–Kier alpha value is -0.660. The Kier molecular flexibility index (Phi) is 8.97. The third kappa shape index (κ3) is 3.99. The number of hydrogen-bond acceptors (Lipinski definition) is 0. The molecule has 0 aliphatic heterocycles. The number of fused-ring (bicyclic) bond motifs is 2. The molecule has 28 heavy (non-hydrogen) atoms. The zero-order chi connectivity index (χ0) is 17.6. The van der Waals surface area contributed by atoms with Crippen LogP contribution in [-0.2, 0) is 26.2 Å².